The van der Waals surface area contributed by atoms with Crippen molar-refractivity contribution in [3.63, 3.8) is 0 Å². The van der Waals surface area contributed by atoms with Crippen molar-refractivity contribution < 1.29 is 0 Å². The molecule has 2 N–H and O–H groups in total. The van der Waals surface area contributed by atoms with Gasteiger partial charge in [0.05, 0.1) is 11.4 Å². The average Bonchev–Trinajstić information content (AvgIpc) is 2.84. The molecule has 0 aliphatic heterocycles. The third kappa shape index (κ3) is 3.22. The monoisotopic (exact) mass is 341 g/mol. The van der Waals surface area contributed by atoms with Gasteiger partial charge in [0.2, 0.25) is 0 Å². The summed E-state index contributed by atoms with van der Waals surface area (Å²) in [6.45, 7) is 8.20. The van der Waals surface area contributed by atoms with Crippen LogP contribution in [0.5, 0.6) is 0 Å². The number of nitrogens with one attached hydrogen (secondary N) is 2. The first kappa shape index (κ1) is 16.7. The third-order valence-corrected chi connectivity index (χ3v) is 5.44. The van der Waals surface area contributed by atoms with E-state index in [1.165, 1.54) is 5.56 Å². The summed E-state index contributed by atoms with van der Waals surface area (Å²) in [7, 11) is 0. The molecule has 1 unspecified atom stereocenters. The first-order chi connectivity index (χ1) is 11.5. The van der Waals surface area contributed by atoms with Gasteiger partial charge in [0.15, 0.2) is 0 Å². The maximum Gasteiger partial charge on any atom is 0.259 e. The van der Waals surface area contributed by atoms with E-state index < -0.39 is 0 Å². The Morgan fingerprint density at radius 2 is 1.96 bits per heavy atom. The lowest BCUT2D eigenvalue weighted by atomic mass is 10.1. The van der Waals surface area contributed by atoms with Crippen LogP contribution in [0.3, 0.4) is 0 Å². The highest BCUT2D eigenvalue weighted by Gasteiger charge is 2.15. The zero-order valence-electron chi connectivity index (χ0n) is 14.6. The van der Waals surface area contributed by atoms with Gasteiger partial charge in [0.25, 0.3) is 5.56 Å². The van der Waals surface area contributed by atoms with Gasteiger partial charge < -0.3 is 10.3 Å². The smallest absolute Gasteiger partial charge is 0.259 e. The second kappa shape index (κ2) is 6.77. The van der Waals surface area contributed by atoms with Crippen molar-refractivity contribution in [2.75, 3.05) is 5.32 Å². The second-order valence-electron chi connectivity index (χ2n) is 6.23. The highest BCUT2D eigenvalue weighted by molar-refractivity contribution is 7.18. The van der Waals surface area contributed by atoms with E-state index in [4.69, 9.17) is 0 Å². The molecule has 0 bridgehead atoms. The van der Waals surface area contributed by atoms with Gasteiger partial charge in [-0.15, -0.1) is 11.3 Å². The summed E-state index contributed by atoms with van der Waals surface area (Å²) in [6.07, 6.45) is 2.24. The van der Waals surface area contributed by atoms with Crippen molar-refractivity contribution in [1.29, 1.82) is 0 Å². The van der Waals surface area contributed by atoms with Crippen molar-refractivity contribution in [3.05, 3.63) is 56.4 Å². The van der Waals surface area contributed by atoms with Crippen molar-refractivity contribution >= 4 is 27.2 Å². The van der Waals surface area contributed by atoms with E-state index in [9.17, 15) is 4.79 Å². The first-order valence-corrected chi connectivity index (χ1v) is 9.16. The van der Waals surface area contributed by atoms with Crippen LogP contribution in [-0.2, 0) is 6.42 Å². The minimum absolute atomic E-state index is 0.0520. The van der Waals surface area contributed by atoms with E-state index in [1.807, 2.05) is 20.8 Å². The van der Waals surface area contributed by atoms with Crippen LogP contribution in [-0.4, -0.2) is 9.97 Å². The molecule has 0 spiro atoms. The third-order valence-electron chi connectivity index (χ3n) is 4.34. The van der Waals surface area contributed by atoms with Crippen LogP contribution < -0.4 is 10.9 Å². The number of thiophene rings is 1. The molecule has 5 heteroatoms. The van der Waals surface area contributed by atoms with Crippen molar-refractivity contribution in [2.45, 2.75) is 46.6 Å². The predicted molar refractivity (Wildman–Crippen MR) is 102 cm³/mol. The van der Waals surface area contributed by atoms with Gasteiger partial charge in [-0.05, 0) is 50.5 Å². The molecule has 0 saturated carbocycles. The molecule has 1 atom stereocenters. The Hall–Kier alpha value is -2.14. The van der Waals surface area contributed by atoms with Crippen molar-refractivity contribution in [2.24, 2.45) is 0 Å². The molecule has 0 aliphatic rings. The molecule has 2 aromatic heterocycles. The number of hydrogen-bond acceptors (Lipinski definition) is 4. The normalized spacial score (nSPS) is 12.5. The van der Waals surface area contributed by atoms with Crippen LogP contribution in [0.25, 0.3) is 10.2 Å². The molecule has 24 heavy (non-hydrogen) atoms. The molecule has 0 amide bonds. The van der Waals surface area contributed by atoms with E-state index in [1.54, 1.807) is 11.3 Å². The fraction of sp³-hybridized carbons (Fsp3) is 0.368. The quantitative estimate of drug-likeness (QED) is 0.705. The number of rotatable bonds is 5. The summed E-state index contributed by atoms with van der Waals surface area (Å²) in [5.74, 6) is 0.673. The molecule has 0 saturated heterocycles. The summed E-state index contributed by atoms with van der Waals surface area (Å²) in [4.78, 5) is 21.9. The van der Waals surface area contributed by atoms with E-state index in [2.05, 4.69) is 46.5 Å². The standard InChI is InChI=1S/C19H23N3OS/c1-5-6-14-7-9-15(10-8-14)20-12(3)17-21-18(23)16-11(2)13(4)24-19(16)22-17/h7-10,12,20H,5-6H2,1-4H3,(H,21,22,23). The molecular formula is C19H23N3OS. The van der Waals surface area contributed by atoms with E-state index in [0.29, 0.717) is 5.82 Å². The Kier molecular flexibility index (Phi) is 4.71. The summed E-state index contributed by atoms with van der Waals surface area (Å²) < 4.78 is 0. The highest BCUT2D eigenvalue weighted by atomic mass is 32.1. The number of benzene rings is 1. The number of fused-ring (bicyclic) bond motifs is 1. The number of hydrogen-bond donors (Lipinski definition) is 2. The minimum atomic E-state index is -0.0677. The largest absolute Gasteiger partial charge is 0.375 e. The Morgan fingerprint density at radius 1 is 1.25 bits per heavy atom. The van der Waals surface area contributed by atoms with Crippen LogP contribution in [0.1, 0.15) is 48.1 Å². The Bertz CT molecular complexity index is 909. The fourth-order valence-corrected chi connectivity index (χ4v) is 3.89. The summed E-state index contributed by atoms with van der Waals surface area (Å²) >= 11 is 1.58. The molecule has 0 radical (unpaired) electrons. The van der Waals surface area contributed by atoms with Crippen LogP contribution in [0.4, 0.5) is 5.69 Å². The fourth-order valence-electron chi connectivity index (χ4n) is 2.85. The molecule has 3 rings (SSSR count). The number of aryl methyl sites for hydroxylation is 3. The van der Waals surface area contributed by atoms with Gasteiger partial charge in [-0.25, -0.2) is 4.98 Å². The van der Waals surface area contributed by atoms with Gasteiger partial charge in [-0.1, -0.05) is 25.5 Å². The van der Waals surface area contributed by atoms with Gasteiger partial charge >= 0.3 is 0 Å². The van der Waals surface area contributed by atoms with Crippen molar-refractivity contribution in [1.82, 2.24) is 9.97 Å². The molecule has 126 valence electrons. The number of anilines is 1. The number of aromatic amines is 1. The van der Waals surface area contributed by atoms with Crippen molar-refractivity contribution in [3.8, 4) is 0 Å². The van der Waals surface area contributed by atoms with Gasteiger partial charge in [-0.3, -0.25) is 4.79 Å². The minimum Gasteiger partial charge on any atom is -0.375 e. The number of aromatic nitrogens is 2. The van der Waals surface area contributed by atoms with Crippen LogP contribution in [0, 0.1) is 13.8 Å². The summed E-state index contributed by atoms with van der Waals surface area (Å²) in [5, 5.41) is 4.13. The van der Waals surface area contributed by atoms with Gasteiger partial charge in [0, 0.05) is 10.6 Å². The first-order valence-electron chi connectivity index (χ1n) is 8.35. The van der Waals surface area contributed by atoms with Crippen LogP contribution in [0.2, 0.25) is 0 Å². The summed E-state index contributed by atoms with van der Waals surface area (Å²) in [6, 6.07) is 8.38. The molecule has 1 aromatic carbocycles. The molecule has 0 fully saturated rings. The lowest BCUT2D eigenvalue weighted by molar-refractivity contribution is 0.792. The SMILES string of the molecule is CCCc1ccc(NC(C)c2nc3sc(C)c(C)c3c(=O)[nH]2)cc1. The molecule has 0 aliphatic carbocycles. The van der Waals surface area contributed by atoms with Crippen LogP contribution >= 0.6 is 11.3 Å². The average molecular weight is 341 g/mol. The maximum absolute atomic E-state index is 12.4. The summed E-state index contributed by atoms with van der Waals surface area (Å²) in [5.41, 5.74) is 3.35. The van der Waals surface area contributed by atoms with E-state index in [-0.39, 0.29) is 11.6 Å². The van der Waals surface area contributed by atoms with Gasteiger partial charge in [-0.2, -0.15) is 0 Å². The Morgan fingerprint density at radius 3 is 2.62 bits per heavy atom. The molecule has 3 aromatic rings. The lowest BCUT2D eigenvalue weighted by Gasteiger charge is -2.15. The van der Waals surface area contributed by atoms with E-state index in [0.717, 1.165) is 39.2 Å². The van der Waals surface area contributed by atoms with Gasteiger partial charge in [0.1, 0.15) is 10.7 Å². The number of H-pyrrole nitrogens is 1. The molecular weight excluding hydrogens is 318 g/mol. The number of nitrogens with zero attached hydrogens (tertiary/aromatic N) is 1. The molecule has 4 nitrogen and oxygen atoms in total. The zero-order chi connectivity index (χ0) is 17.3. The van der Waals surface area contributed by atoms with Crippen LogP contribution in [0.15, 0.2) is 29.1 Å². The Labute approximate surface area is 146 Å². The topological polar surface area (TPSA) is 57.8 Å². The maximum atomic E-state index is 12.4. The molecule has 2 heterocycles. The predicted octanol–water partition coefficient (Wildman–Crippen LogP) is 4.73. The zero-order valence-corrected chi connectivity index (χ0v) is 15.4. The lowest BCUT2D eigenvalue weighted by Crippen LogP contribution is -2.17. The Balaban J connectivity index is 1.85. The highest BCUT2D eigenvalue weighted by Crippen LogP contribution is 2.27. The second-order valence-corrected chi connectivity index (χ2v) is 7.43. The van der Waals surface area contributed by atoms with E-state index >= 15 is 0 Å².